The second kappa shape index (κ2) is 6.71. The Bertz CT molecular complexity index is 653. The van der Waals surface area contributed by atoms with Crippen molar-refractivity contribution in [3.63, 3.8) is 0 Å². The molecule has 4 rings (SSSR count). The summed E-state index contributed by atoms with van der Waals surface area (Å²) in [5.41, 5.74) is 2.79. The van der Waals surface area contributed by atoms with Crippen molar-refractivity contribution in [1.29, 1.82) is 0 Å². The highest BCUT2D eigenvalue weighted by Gasteiger charge is 2.61. The van der Waals surface area contributed by atoms with Gasteiger partial charge in [-0.3, -0.25) is 0 Å². The van der Waals surface area contributed by atoms with Crippen molar-refractivity contribution in [2.45, 2.75) is 83.3 Å². The van der Waals surface area contributed by atoms with Crippen molar-refractivity contribution in [3.8, 4) is 0 Å². The highest BCUT2D eigenvalue weighted by Crippen LogP contribution is 2.65. The number of hydrogen-bond donors (Lipinski definition) is 2. The molecule has 0 unspecified atom stereocenters. The molecule has 0 radical (unpaired) electrons. The van der Waals surface area contributed by atoms with E-state index in [9.17, 15) is 10.2 Å². The van der Waals surface area contributed by atoms with E-state index in [0.717, 1.165) is 57.9 Å². The van der Waals surface area contributed by atoms with Gasteiger partial charge in [-0.1, -0.05) is 37.1 Å². The molecule has 0 aromatic carbocycles. The van der Waals surface area contributed by atoms with Gasteiger partial charge in [0.05, 0.1) is 11.7 Å². The Labute approximate surface area is 165 Å². The first-order chi connectivity index (χ1) is 12.7. The van der Waals surface area contributed by atoms with Crippen LogP contribution in [0.1, 0.15) is 71.6 Å². The molecule has 0 aliphatic heterocycles. The molecule has 0 heterocycles. The average molecular weight is 374 g/mol. The standard InChI is InChI=1S/C24H39NO2/c1-22-12-8-18(26)16-17(22)6-7-19-20(22)9-13-23(2)21(19)10-14-24(23,27)11-5-15-25(3)4/h6,9,18-19,21,26-27H,5,7-8,10-16H2,1-4H3/t18-,19+,21-,22-,23-,24-/m0/s1. The van der Waals surface area contributed by atoms with E-state index < -0.39 is 5.60 Å². The summed E-state index contributed by atoms with van der Waals surface area (Å²) in [5, 5.41) is 21.8. The number of hydrogen-bond acceptors (Lipinski definition) is 3. The van der Waals surface area contributed by atoms with Gasteiger partial charge in [0.25, 0.3) is 0 Å². The molecule has 0 spiro atoms. The first-order valence-electron chi connectivity index (χ1n) is 11.1. The quantitative estimate of drug-likeness (QED) is 0.722. The summed E-state index contributed by atoms with van der Waals surface area (Å²) in [6.07, 6.45) is 14.0. The van der Waals surface area contributed by atoms with Crippen LogP contribution in [0, 0.1) is 22.7 Å². The Morgan fingerprint density at radius 2 is 1.93 bits per heavy atom. The van der Waals surface area contributed by atoms with E-state index in [1.807, 2.05) is 0 Å². The molecule has 152 valence electrons. The molecule has 27 heavy (non-hydrogen) atoms. The summed E-state index contributed by atoms with van der Waals surface area (Å²) in [4.78, 5) is 2.23. The molecule has 2 saturated carbocycles. The van der Waals surface area contributed by atoms with Crippen LogP contribution in [-0.4, -0.2) is 47.5 Å². The third-order valence-corrected chi connectivity index (χ3v) is 8.97. The minimum Gasteiger partial charge on any atom is -0.393 e. The molecule has 0 amide bonds. The molecular formula is C24H39NO2. The van der Waals surface area contributed by atoms with Gasteiger partial charge >= 0.3 is 0 Å². The van der Waals surface area contributed by atoms with Gasteiger partial charge in [-0.2, -0.15) is 0 Å². The summed E-state index contributed by atoms with van der Waals surface area (Å²) in [7, 11) is 4.24. The largest absolute Gasteiger partial charge is 0.393 e. The lowest BCUT2D eigenvalue weighted by atomic mass is 9.51. The van der Waals surface area contributed by atoms with Crippen LogP contribution in [0.25, 0.3) is 0 Å². The normalized spacial score (nSPS) is 46.4. The molecule has 3 heteroatoms. The van der Waals surface area contributed by atoms with Gasteiger partial charge in [0.1, 0.15) is 0 Å². The Hall–Kier alpha value is -0.640. The predicted molar refractivity (Wildman–Crippen MR) is 110 cm³/mol. The zero-order valence-corrected chi connectivity index (χ0v) is 17.8. The number of nitrogens with zero attached hydrogens (tertiary/aromatic N) is 1. The Morgan fingerprint density at radius 1 is 1.15 bits per heavy atom. The van der Waals surface area contributed by atoms with E-state index in [4.69, 9.17) is 0 Å². The second-order valence-corrected chi connectivity index (χ2v) is 10.7. The van der Waals surface area contributed by atoms with E-state index in [1.54, 1.807) is 5.57 Å². The topological polar surface area (TPSA) is 43.7 Å². The first kappa shape index (κ1) is 19.7. The van der Waals surface area contributed by atoms with Gasteiger partial charge < -0.3 is 15.1 Å². The number of allylic oxidation sites excluding steroid dienone is 3. The van der Waals surface area contributed by atoms with Gasteiger partial charge in [0.2, 0.25) is 0 Å². The lowest BCUT2D eigenvalue weighted by molar-refractivity contribution is -0.0872. The molecule has 0 aromatic heterocycles. The van der Waals surface area contributed by atoms with Crippen molar-refractivity contribution in [1.82, 2.24) is 4.90 Å². The highest BCUT2D eigenvalue weighted by molar-refractivity contribution is 5.40. The van der Waals surface area contributed by atoms with Crippen LogP contribution in [0.15, 0.2) is 23.3 Å². The summed E-state index contributed by atoms with van der Waals surface area (Å²) >= 11 is 0. The van der Waals surface area contributed by atoms with E-state index in [0.29, 0.717) is 11.8 Å². The average Bonchev–Trinajstić information content (AvgIpc) is 2.87. The summed E-state index contributed by atoms with van der Waals surface area (Å²) in [6, 6.07) is 0. The van der Waals surface area contributed by atoms with E-state index >= 15 is 0 Å². The van der Waals surface area contributed by atoms with Crippen molar-refractivity contribution < 1.29 is 10.2 Å². The van der Waals surface area contributed by atoms with Gasteiger partial charge in [-0.05, 0) is 90.3 Å². The molecular weight excluding hydrogens is 334 g/mol. The van der Waals surface area contributed by atoms with Gasteiger partial charge in [-0.25, -0.2) is 0 Å². The molecule has 0 aromatic rings. The van der Waals surface area contributed by atoms with E-state index in [2.05, 4.69) is 45.0 Å². The SMILES string of the molecule is CN(C)CCC[C@]1(O)CC[C@H]2[C@@H]3CC=C4C[C@@H](O)CC[C@]4(C)C3=CC[C@@]21C. The molecule has 6 atom stereocenters. The van der Waals surface area contributed by atoms with Crippen LogP contribution in [0.5, 0.6) is 0 Å². The monoisotopic (exact) mass is 373 g/mol. The fourth-order valence-corrected chi connectivity index (χ4v) is 7.15. The first-order valence-corrected chi connectivity index (χ1v) is 11.1. The third-order valence-electron chi connectivity index (χ3n) is 8.97. The van der Waals surface area contributed by atoms with Crippen molar-refractivity contribution in [3.05, 3.63) is 23.3 Å². The molecule has 0 saturated heterocycles. The molecule has 3 nitrogen and oxygen atoms in total. The molecule has 0 bridgehead atoms. The van der Waals surface area contributed by atoms with Crippen LogP contribution in [0.3, 0.4) is 0 Å². The highest BCUT2D eigenvalue weighted by atomic mass is 16.3. The Morgan fingerprint density at radius 3 is 2.67 bits per heavy atom. The number of fused-ring (bicyclic) bond motifs is 5. The van der Waals surface area contributed by atoms with E-state index in [1.165, 1.54) is 12.0 Å². The summed E-state index contributed by atoms with van der Waals surface area (Å²) in [6.45, 7) is 5.85. The maximum atomic E-state index is 11.7. The maximum Gasteiger partial charge on any atom is 0.0707 e. The Balaban J connectivity index is 1.59. The predicted octanol–water partition coefficient (Wildman–Crippen LogP) is 4.30. The van der Waals surface area contributed by atoms with Gasteiger partial charge in [0, 0.05) is 10.8 Å². The third kappa shape index (κ3) is 2.96. The fraction of sp³-hybridized carbons (Fsp3) is 0.833. The molecule has 4 aliphatic carbocycles. The summed E-state index contributed by atoms with van der Waals surface area (Å²) < 4.78 is 0. The number of aliphatic hydroxyl groups excluding tert-OH is 1. The number of aliphatic hydroxyl groups is 2. The van der Waals surface area contributed by atoms with Crippen molar-refractivity contribution in [2.24, 2.45) is 22.7 Å². The number of rotatable bonds is 4. The van der Waals surface area contributed by atoms with E-state index in [-0.39, 0.29) is 16.9 Å². The molecule has 2 N–H and O–H groups in total. The minimum absolute atomic E-state index is 0.0172. The maximum absolute atomic E-state index is 11.7. The lowest BCUT2D eigenvalue weighted by Crippen LogP contribution is -2.50. The lowest BCUT2D eigenvalue weighted by Gasteiger charge is -2.55. The summed E-state index contributed by atoms with van der Waals surface area (Å²) in [5.74, 6) is 1.19. The zero-order chi connectivity index (χ0) is 19.4. The van der Waals surface area contributed by atoms with Crippen LogP contribution in [-0.2, 0) is 0 Å². The van der Waals surface area contributed by atoms with Crippen molar-refractivity contribution in [2.75, 3.05) is 20.6 Å². The van der Waals surface area contributed by atoms with Crippen LogP contribution >= 0.6 is 0 Å². The van der Waals surface area contributed by atoms with Crippen molar-refractivity contribution >= 4 is 0 Å². The van der Waals surface area contributed by atoms with Crippen LogP contribution < -0.4 is 0 Å². The minimum atomic E-state index is -0.511. The fourth-order valence-electron chi connectivity index (χ4n) is 7.15. The molecule has 4 aliphatic rings. The van der Waals surface area contributed by atoms with Crippen LogP contribution in [0.2, 0.25) is 0 Å². The second-order valence-electron chi connectivity index (χ2n) is 10.7. The smallest absolute Gasteiger partial charge is 0.0707 e. The Kier molecular flexibility index (Phi) is 4.89. The van der Waals surface area contributed by atoms with Gasteiger partial charge in [-0.15, -0.1) is 0 Å². The zero-order valence-electron chi connectivity index (χ0n) is 17.8. The van der Waals surface area contributed by atoms with Crippen LogP contribution in [0.4, 0.5) is 0 Å². The van der Waals surface area contributed by atoms with Gasteiger partial charge in [0.15, 0.2) is 0 Å². The molecule has 2 fully saturated rings.